The van der Waals surface area contributed by atoms with E-state index < -0.39 is 10.0 Å². The number of nitrogens with one attached hydrogen (secondary N) is 2. The van der Waals surface area contributed by atoms with Crippen LogP contribution in [0.1, 0.15) is 11.1 Å². The maximum Gasteiger partial charge on any atom is 0.263 e. The Balaban J connectivity index is 1.64. The van der Waals surface area contributed by atoms with Gasteiger partial charge in [-0.25, -0.2) is 8.42 Å². The van der Waals surface area contributed by atoms with E-state index in [2.05, 4.69) is 20.2 Å². The van der Waals surface area contributed by atoms with Gasteiger partial charge in [-0.3, -0.25) is 4.72 Å². The number of anilines is 2. The Morgan fingerprint density at radius 1 is 0.962 bits per heavy atom. The molecule has 0 unspecified atom stereocenters. The van der Waals surface area contributed by atoms with E-state index in [1.54, 1.807) is 24.3 Å². The van der Waals surface area contributed by atoms with Crippen LogP contribution in [0.3, 0.4) is 0 Å². The minimum atomic E-state index is -3.69. The van der Waals surface area contributed by atoms with Crippen molar-refractivity contribution in [1.82, 2.24) is 10.2 Å². The SMILES string of the molecule is Cc1cccc(S(=O)(=O)Nc2ccc(NCc3ccc(Cl)cc3)nn2)c1. The van der Waals surface area contributed by atoms with Gasteiger partial charge in [0.25, 0.3) is 10.0 Å². The topological polar surface area (TPSA) is 84.0 Å². The molecule has 3 rings (SSSR count). The average molecular weight is 389 g/mol. The summed E-state index contributed by atoms with van der Waals surface area (Å²) in [5, 5.41) is 11.7. The molecule has 2 aromatic carbocycles. The quantitative estimate of drug-likeness (QED) is 0.670. The molecule has 26 heavy (non-hydrogen) atoms. The predicted molar refractivity (Wildman–Crippen MR) is 103 cm³/mol. The van der Waals surface area contributed by atoms with Crippen molar-refractivity contribution in [2.45, 2.75) is 18.4 Å². The number of aryl methyl sites for hydroxylation is 1. The molecule has 0 aliphatic heterocycles. The van der Waals surface area contributed by atoms with Crippen molar-refractivity contribution in [3.63, 3.8) is 0 Å². The number of hydrogen-bond acceptors (Lipinski definition) is 5. The third kappa shape index (κ3) is 4.71. The highest BCUT2D eigenvalue weighted by Gasteiger charge is 2.15. The second-order valence-corrected chi connectivity index (χ2v) is 7.82. The summed E-state index contributed by atoms with van der Waals surface area (Å²) < 4.78 is 27.2. The highest BCUT2D eigenvalue weighted by Crippen LogP contribution is 2.16. The first-order valence-electron chi connectivity index (χ1n) is 7.84. The second-order valence-electron chi connectivity index (χ2n) is 5.71. The molecule has 6 nitrogen and oxygen atoms in total. The largest absolute Gasteiger partial charge is 0.365 e. The summed E-state index contributed by atoms with van der Waals surface area (Å²) in [5.74, 6) is 0.696. The monoisotopic (exact) mass is 388 g/mol. The van der Waals surface area contributed by atoms with E-state index in [9.17, 15) is 8.42 Å². The van der Waals surface area contributed by atoms with Crippen molar-refractivity contribution in [2.24, 2.45) is 0 Å². The summed E-state index contributed by atoms with van der Waals surface area (Å²) in [4.78, 5) is 0.184. The van der Waals surface area contributed by atoms with E-state index in [-0.39, 0.29) is 10.7 Å². The van der Waals surface area contributed by atoms with Gasteiger partial charge >= 0.3 is 0 Å². The first-order valence-corrected chi connectivity index (χ1v) is 9.70. The van der Waals surface area contributed by atoms with Gasteiger partial charge in [0.1, 0.15) is 5.82 Å². The van der Waals surface area contributed by atoms with Gasteiger partial charge in [0.15, 0.2) is 5.82 Å². The number of rotatable bonds is 6. The van der Waals surface area contributed by atoms with Gasteiger partial charge in [-0.1, -0.05) is 35.9 Å². The van der Waals surface area contributed by atoms with Crippen LogP contribution in [-0.4, -0.2) is 18.6 Å². The molecule has 0 fully saturated rings. The highest BCUT2D eigenvalue weighted by atomic mass is 35.5. The molecule has 0 aliphatic rings. The van der Waals surface area contributed by atoms with Crippen molar-refractivity contribution >= 4 is 33.3 Å². The van der Waals surface area contributed by atoms with Crippen molar-refractivity contribution in [3.05, 3.63) is 76.8 Å². The van der Waals surface area contributed by atoms with Crippen molar-refractivity contribution in [1.29, 1.82) is 0 Å². The molecule has 0 amide bonds. The zero-order chi connectivity index (χ0) is 18.6. The van der Waals surface area contributed by atoms with Crippen LogP contribution >= 0.6 is 11.6 Å². The summed E-state index contributed by atoms with van der Waals surface area (Å²) in [5.41, 5.74) is 1.90. The Kier molecular flexibility index (Phi) is 5.39. The molecule has 1 aromatic heterocycles. The van der Waals surface area contributed by atoms with Crippen LogP contribution in [0.5, 0.6) is 0 Å². The molecule has 0 bridgehead atoms. The van der Waals surface area contributed by atoms with E-state index >= 15 is 0 Å². The molecule has 3 aromatic rings. The van der Waals surface area contributed by atoms with Crippen LogP contribution in [0.4, 0.5) is 11.6 Å². The maximum absolute atomic E-state index is 12.4. The summed E-state index contributed by atoms with van der Waals surface area (Å²) in [6.07, 6.45) is 0. The highest BCUT2D eigenvalue weighted by molar-refractivity contribution is 7.92. The van der Waals surface area contributed by atoms with E-state index in [1.165, 1.54) is 6.07 Å². The first-order chi connectivity index (χ1) is 12.4. The molecular formula is C18H17ClN4O2S. The third-order valence-electron chi connectivity index (χ3n) is 3.59. The van der Waals surface area contributed by atoms with Crippen LogP contribution in [-0.2, 0) is 16.6 Å². The smallest absolute Gasteiger partial charge is 0.263 e. The predicted octanol–water partition coefficient (Wildman–Crippen LogP) is 3.85. The van der Waals surface area contributed by atoms with E-state index in [4.69, 9.17) is 11.6 Å². The number of hydrogen-bond donors (Lipinski definition) is 2. The lowest BCUT2D eigenvalue weighted by Crippen LogP contribution is -2.14. The van der Waals surface area contributed by atoms with Crippen molar-refractivity contribution in [2.75, 3.05) is 10.0 Å². The fourth-order valence-electron chi connectivity index (χ4n) is 2.25. The molecular weight excluding hydrogens is 372 g/mol. The minimum absolute atomic E-state index is 0.156. The Hall–Kier alpha value is -2.64. The van der Waals surface area contributed by atoms with E-state index in [0.29, 0.717) is 17.4 Å². The zero-order valence-electron chi connectivity index (χ0n) is 14.0. The van der Waals surface area contributed by atoms with Gasteiger partial charge in [-0.2, -0.15) is 0 Å². The fraction of sp³-hybridized carbons (Fsp3) is 0.111. The molecule has 0 atom stereocenters. The maximum atomic E-state index is 12.4. The number of nitrogens with zero attached hydrogens (tertiary/aromatic N) is 2. The molecule has 0 saturated carbocycles. The summed E-state index contributed by atoms with van der Waals surface area (Å²) >= 11 is 5.85. The van der Waals surface area contributed by atoms with Crippen molar-refractivity contribution < 1.29 is 8.42 Å². The second kappa shape index (κ2) is 7.72. The average Bonchev–Trinajstić information content (AvgIpc) is 2.62. The fourth-order valence-corrected chi connectivity index (χ4v) is 3.48. The van der Waals surface area contributed by atoms with Crippen molar-refractivity contribution in [3.8, 4) is 0 Å². The van der Waals surface area contributed by atoms with E-state index in [0.717, 1.165) is 11.1 Å². The molecule has 0 aliphatic carbocycles. The van der Waals surface area contributed by atoms with Gasteiger partial charge in [0, 0.05) is 11.6 Å². The van der Waals surface area contributed by atoms with Gasteiger partial charge < -0.3 is 5.32 Å². The van der Waals surface area contributed by atoms with Gasteiger partial charge in [0.2, 0.25) is 0 Å². The van der Waals surface area contributed by atoms with Crippen LogP contribution in [0.25, 0.3) is 0 Å². The Morgan fingerprint density at radius 2 is 1.65 bits per heavy atom. The van der Waals surface area contributed by atoms with Gasteiger partial charge in [0.05, 0.1) is 4.90 Å². The van der Waals surface area contributed by atoms with Crippen LogP contribution in [0, 0.1) is 6.92 Å². The van der Waals surface area contributed by atoms with Gasteiger partial charge in [-0.15, -0.1) is 10.2 Å². The normalized spacial score (nSPS) is 11.2. The Labute approximate surface area is 157 Å². The molecule has 1 heterocycles. The first kappa shape index (κ1) is 18.2. The van der Waals surface area contributed by atoms with Gasteiger partial charge in [-0.05, 0) is 54.4 Å². The summed E-state index contributed by atoms with van der Waals surface area (Å²) in [6, 6.07) is 17.3. The number of sulfonamides is 1. The lowest BCUT2D eigenvalue weighted by atomic mass is 10.2. The molecule has 2 N–H and O–H groups in total. The Bertz CT molecular complexity index is 990. The standard InChI is InChI=1S/C18H17ClN4O2S/c1-13-3-2-4-16(11-13)26(24,25)23-18-10-9-17(21-22-18)20-12-14-5-7-15(19)8-6-14/h2-11H,12H2,1H3,(H,20,21)(H,22,23). The number of benzene rings is 2. The number of halogens is 1. The third-order valence-corrected chi connectivity index (χ3v) is 5.19. The Morgan fingerprint density at radius 3 is 2.31 bits per heavy atom. The molecule has 8 heteroatoms. The number of aromatic nitrogens is 2. The van der Waals surface area contributed by atoms with Crippen LogP contribution in [0.15, 0.2) is 65.6 Å². The summed E-state index contributed by atoms with van der Waals surface area (Å²) in [6.45, 7) is 2.39. The van der Waals surface area contributed by atoms with Crippen LogP contribution < -0.4 is 10.0 Å². The lowest BCUT2D eigenvalue weighted by Gasteiger charge is -2.09. The molecule has 0 radical (unpaired) electrons. The molecule has 0 saturated heterocycles. The lowest BCUT2D eigenvalue weighted by molar-refractivity contribution is 0.601. The minimum Gasteiger partial charge on any atom is -0.365 e. The molecule has 134 valence electrons. The molecule has 0 spiro atoms. The van der Waals surface area contributed by atoms with Crippen LogP contribution in [0.2, 0.25) is 5.02 Å². The van der Waals surface area contributed by atoms with E-state index in [1.807, 2.05) is 37.3 Å². The zero-order valence-corrected chi connectivity index (χ0v) is 15.6. The summed E-state index contributed by atoms with van der Waals surface area (Å²) in [7, 11) is -3.69.